The van der Waals surface area contributed by atoms with Gasteiger partial charge in [-0.3, -0.25) is 9.36 Å². The molecule has 5 rings (SSSR count). The molecule has 3 heterocycles. The lowest BCUT2D eigenvalue weighted by Gasteiger charge is -2.37. The standard InChI is InChI=1S/C23H27FN4OS/c1-2-11-28-22(29)20-18-5-3-4-6-19(18)30-21(20)25-23(28)27-14-12-26(13-15-27)17-9-7-16(24)8-10-17/h7-10H,2-6,11-15H2,1H3. The SMILES string of the molecule is CCCn1c(N2CCN(c3ccc(F)cc3)CC2)nc2sc3c(c2c1=O)CCCC3. The molecule has 1 fully saturated rings. The first-order valence-corrected chi connectivity index (χ1v) is 11.8. The minimum Gasteiger partial charge on any atom is -0.368 e. The Labute approximate surface area is 179 Å². The lowest BCUT2D eigenvalue weighted by atomic mass is 9.97. The van der Waals surface area contributed by atoms with Crippen molar-refractivity contribution in [2.45, 2.75) is 45.6 Å². The number of rotatable bonds is 4. The van der Waals surface area contributed by atoms with Gasteiger partial charge in [-0.25, -0.2) is 9.37 Å². The molecule has 0 bridgehead atoms. The Kier molecular flexibility index (Phi) is 5.23. The van der Waals surface area contributed by atoms with Crippen LogP contribution in [0.1, 0.15) is 36.6 Å². The van der Waals surface area contributed by atoms with Crippen molar-refractivity contribution in [1.82, 2.24) is 9.55 Å². The van der Waals surface area contributed by atoms with Gasteiger partial charge in [0.05, 0.1) is 5.39 Å². The molecule has 30 heavy (non-hydrogen) atoms. The quantitative estimate of drug-likeness (QED) is 0.627. The zero-order valence-electron chi connectivity index (χ0n) is 17.4. The third-order valence-corrected chi connectivity index (χ3v) is 7.44. The molecule has 7 heteroatoms. The Morgan fingerprint density at radius 1 is 1.03 bits per heavy atom. The second-order valence-corrected chi connectivity index (χ2v) is 9.29. The van der Waals surface area contributed by atoms with Gasteiger partial charge in [-0.05, 0) is 61.9 Å². The molecule has 2 aromatic heterocycles. The minimum atomic E-state index is -0.211. The van der Waals surface area contributed by atoms with Crippen LogP contribution in [0, 0.1) is 5.82 Å². The number of aryl methyl sites for hydroxylation is 2. The van der Waals surface area contributed by atoms with Gasteiger partial charge in [0.2, 0.25) is 5.95 Å². The van der Waals surface area contributed by atoms with Crippen LogP contribution in [0.2, 0.25) is 0 Å². The first kappa shape index (κ1) is 19.5. The van der Waals surface area contributed by atoms with E-state index in [4.69, 9.17) is 4.98 Å². The largest absolute Gasteiger partial charge is 0.368 e. The Balaban J connectivity index is 1.47. The zero-order chi connectivity index (χ0) is 20.7. The van der Waals surface area contributed by atoms with Crippen LogP contribution in [0.15, 0.2) is 29.1 Å². The van der Waals surface area contributed by atoms with Gasteiger partial charge in [-0.15, -0.1) is 11.3 Å². The number of nitrogens with zero attached hydrogens (tertiary/aromatic N) is 4. The van der Waals surface area contributed by atoms with Gasteiger partial charge >= 0.3 is 0 Å². The highest BCUT2D eigenvalue weighted by molar-refractivity contribution is 7.18. The van der Waals surface area contributed by atoms with Crippen molar-refractivity contribution in [2.24, 2.45) is 0 Å². The van der Waals surface area contributed by atoms with Crippen LogP contribution in [0.25, 0.3) is 10.2 Å². The van der Waals surface area contributed by atoms with E-state index in [1.165, 1.54) is 35.4 Å². The zero-order valence-corrected chi connectivity index (χ0v) is 18.2. The molecule has 0 atom stereocenters. The van der Waals surface area contributed by atoms with Gasteiger partial charge in [0, 0.05) is 43.3 Å². The predicted octanol–water partition coefficient (Wildman–Crippen LogP) is 4.21. The summed E-state index contributed by atoms with van der Waals surface area (Å²) in [7, 11) is 0. The number of fused-ring (bicyclic) bond motifs is 3. The fourth-order valence-corrected chi connectivity index (χ4v) is 5.96. The number of halogens is 1. The average molecular weight is 427 g/mol. The number of benzene rings is 1. The molecule has 1 aliphatic heterocycles. The van der Waals surface area contributed by atoms with Crippen LogP contribution in [0.5, 0.6) is 0 Å². The monoisotopic (exact) mass is 426 g/mol. The minimum absolute atomic E-state index is 0.136. The fourth-order valence-electron chi connectivity index (χ4n) is 4.71. The summed E-state index contributed by atoms with van der Waals surface area (Å²) in [5, 5.41) is 0.872. The van der Waals surface area contributed by atoms with E-state index in [2.05, 4.69) is 16.7 Å². The molecule has 158 valence electrons. The van der Waals surface area contributed by atoms with Crippen molar-refractivity contribution in [3.8, 4) is 0 Å². The molecule has 0 unspecified atom stereocenters. The molecule has 1 aliphatic carbocycles. The Morgan fingerprint density at radius 3 is 2.47 bits per heavy atom. The van der Waals surface area contributed by atoms with Gasteiger partial charge in [0.15, 0.2) is 0 Å². The summed E-state index contributed by atoms with van der Waals surface area (Å²) in [6.45, 7) is 6.04. The van der Waals surface area contributed by atoms with Gasteiger partial charge in [0.1, 0.15) is 10.6 Å². The van der Waals surface area contributed by atoms with Gasteiger partial charge in [0.25, 0.3) is 5.56 Å². The molecule has 0 N–H and O–H groups in total. The van der Waals surface area contributed by atoms with Gasteiger partial charge in [-0.1, -0.05) is 6.92 Å². The smallest absolute Gasteiger partial charge is 0.263 e. The second-order valence-electron chi connectivity index (χ2n) is 8.21. The number of anilines is 2. The summed E-state index contributed by atoms with van der Waals surface area (Å²) in [5.41, 5.74) is 2.44. The second kappa shape index (κ2) is 8.02. The van der Waals surface area contributed by atoms with Crippen molar-refractivity contribution in [2.75, 3.05) is 36.0 Å². The Morgan fingerprint density at radius 2 is 1.73 bits per heavy atom. The highest BCUT2D eigenvalue weighted by Gasteiger charge is 2.26. The molecule has 3 aromatic rings. The molecule has 1 saturated heterocycles. The average Bonchev–Trinajstić information content (AvgIpc) is 3.15. The number of hydrogen-bond acceptors (Lipinski definition) is 5. The molecule has 1 aromatic carbocycles. The van der Waals surface area contributed by atoms with E-state index >= 15 is 0 Å². The van der Waals surface area contributed by atoms with E-state index < -0.39 is 0 Å². The maximum atomic E-state index is 13.5. The lowest BCUT2D eigenvalue weighted by molar-refractivity contribution is 0.586. The molecule has 2 aliphatic rings. The normalized spacial score (nSPS) is 16.9. The van der Waals surface area contributed by atoms with E-state index in [1.54, 1.807) is 11.3 Å². The number of piperazine rings is 1. The van der Waals surface area contributed by atoms with Crippen LogP contribution in [-0.4, -0.2) is 35.7 Å². The van der Waals surface area contributed by atoms with Crippen LogP contribution in [0.4, 0.5) is 16.0 Å². The molecular weight excluding hydrogens is 399 g/mol. The van der Waals surface area contributed by atoms with Crippen LogP contribution in [0.3, 0.4) is 0 Å². The molecule has 0 saturated carbocycles. The number of aromatic nitrogens is 2. The van der Waals surface area contributed by atoms with E-state index in [1.807, 2.05) is 16.7 Å². The maximum absolute atomic E-state index is 13.5. The summed E-state index contributed by atoms with van der Waals surface area (Å²) in [6, 6.07) is 6.68. The van der Waals surface area contributed by atoms with Crippen molar-refractivity contribution >= 4 is 33.2 Å². The van der Waals surface area contributed by atoms with Crippen LogP contribution in [-0.2, 0) is 19.4 Å². The van der Waals surface area contributed by atoms with Crippen molar-refractivity contribution in [3.63, 3.8) is 0 Å². The van der Waals surface area contributed by atoms with Crippen molar-refractivity contribution < 1.29 is 4.39 Å². The summed E-state index contributed by atoms with van der Waals surface area (Å²) >= 11 is 1.72. The van der Waals surface area contributed by atoms with E-state index in [9.17, 15) is 9.18 Å². The molecular formula is C23H27FN4OS. The summed E-state index contributed by atoms with van der Waals surface area (Å²) in [6.07, 6.45) is 5.37. The highest BCUT2D eigenvalue weighted by atomic mass is 32.1. The first-order valence-electron chi connectivity index (χ1n) is 11.0. The third-order valence-electron chi connectivity index (χ3n) is 6.26. The third kappa shape index (κ3) is 3.39. The number of thiophene rings is 1. The van der Waals surface area contributed by atoms with E-state index in [0.717, 1.165) is 67.3 Å². The lowest BCUT2D eigenvalue weighted by Crippen LogP contribution is -2.48. The predicted molar refractivity (Wildman–Crippen MR) is 122 cm³/mol. The Bertz CT molecular complexity index is 1110. The summed E-state index contributed by atoms with van der Waals surface area (Å²) in [4.78, 5) is 25.3. The van der Waals surface area contributed by atoms with Crippen molar-refractivity contribution in [1.29, 1.82) is 0 Å². The molecule has 0 amide bonds. The van der Waals surface area contributed by atoms with Crippen molar-refractivity contribution in [3.05, 3.63) is 50.9 Å². The fraction of sp³-hybridized carbons (Fsp3) is 0.478. The van der Waals surface area contributed by atoms with Crippen LogP contribution >= 0.6 is 11.3 Å². The Hall–Kier alpha value is -2.41. The summed E-state index contributed by atoms with van der Waals surface area (Å²) < 4.78 is 15.1. The molecule has 0 radical (unpaired) electrons. The molecule has 5 nitrogen and oxygen atoms in total. The first-order chi connectivity index (χ1) is 14.7. The van der Waals surface area contributed by atoms with E-state index in [0.29, 0.717) is 6.54 Å². The summed E-state index contributed by atoms with van der Waals surface area (Å²) in [5.74, 6) is 0.601. The molecule has 0 spiro atoms. The topological polar surface area (TPSA) is 41.4 Å². The highest BCUT2D eigenvalue weighted by Crippen LogP contribution is 2.34. The van der Waals surface area contributed by atoms with Crippen LogP contribution < -0.4 is 15.4 Å². The van der Waals surface area contributed by atoms with Gasteiger partial charge < -0.3 is 9.80 Å². The number of hydrogen-bond donors (Lipinski definition) is 0. The maximum Gasteiger partial charge on any atom is 0.263 e. The van der Waals surface area contributed by atoms with E-state index in [-0.39, 0.29) is 11.4 Å². The van der Waals surface area contributed by atoms with Gasteiger partial charge in [-0.2, -0.15) is 0 Å².